The van der Waals surface area contributed by atoms with Gasteiger partial charge in [-0.3, -0.25) is 0 Å². The van der Waals surface area contributed by atoms with Crippen molar-refractivity contribution in [2.75, 3.05) is 27.9 Å². The first kappa shape index (κ1) is 10.6. The van der Waals surface area contributed by atoms with Crippen LogP contribution in [0.15, 0.2) is 0 Å². The van der Waals surface area contributed by atoms with E-state index in [4.69, 9.17) is 17.5 Å². The molecule has 0 aromatic heterocycles. The van der Waals surface area contributed by atoms with Gasteiger partial charge in [-0.1, -0.05) is 0 Å². The van der Waals surface area contributed by atoms with Crippen LogP contribution in [0.4, 0.5) is 0 Å². The fraction of sp³-hybridized carbons (Fsp3) is 1.00. The van der Waals surface area contributed by atoms with Gasteiger partial charge in [0, 0.05) is 0 Å². The van der Waals surface area contributed by atoms with Crippen molar-refractivity contribution in [2.24, 2.45) is 0 Å². The number of hydrogen-bond donors (Lipinski definition) is 0. The molecule has 10 heavy (non-hydrogen) atoms. The Morgan fingerprint density at radius 3 is 1.80 bits per heavy atom. The number of ether oxygens (including phenoxy) is 3. The second-order valence-electron chi connectivity index (χ2n) is 1.63. The fourth-order valence-electron chi connectivity index (χ4n) is 0.491. The number of methoxy groups -OCH3 is 3. The van der Waals surface area contributed by atoms with E-state index in [0.717, 1.165) is 0 Å². The molecule has 4 nitrogen and oxygen atoms in total. The molecule has 0 fully saturated rings. The molecule has 0 rings (SSSR count). The van der Waals surface area contributed by atoms with Gasteiger partial charge in [0.25, 0.3) is 0 Å². The predicted octanol–water partition coefficient (Wildman–Crippen LogP) is 0.0578. The molecule has 0 N–H and O–H groups in total. The molecular weight excluding hydrogens is 172 g/mol. The number of rotatable bonds is 5. The molecule has 0 aliphatic rings. The van der Waals surface area contributed by atoms with Crippen molar-refractivity contribution in [1.82, 2.24) is 0 Å². The third-order valence-electron chi connectivity index (χ3n) is 1.10. The average molecular weight is 183 g/mol. The Kier molecular flexibility index (Phi) is 5.53. The van der Waals surface area contributed by atoms with Crippen LogP contribution in [0.3, 0.4) is 0 Å². The van der Waals surface area contributed by atoms with Crippen molar-refractivity contribution in [3.05, 3.63) is 0 Å². The summed E-state index contributed by atoms with van der Waals surface area (Å²) in [6.45, 7) is 0.247. The molecule has 0 aromatic rings. The minimum atomic E-state index is -1.05. The Bertz CT molecular complexity index is 75.5. The third-order valence-corrected chi connectivity index (χ3v) is 1.58. The Balaban J connectivity index is 3.87. The number of hydrogen-bond acceptors (Lipinski definition) is 4. The average Bonchev–Trinajstić information content (AvgIpc) is 2.01. The van der Waals surface area contributed by atoms with Crippen LogP contribution in [0.25, 0.3) is 0 Å². The molecule has 0 heterocycles. The zero-order valence-corrected chi connectivity index (χ0v) is 7.90. The summed E-state index contributed by atoms with van der Waals surface area (Å²) in [6, 6.07) is 0. The van der Waals surface area contributed by atoms with Gasteiger partial charge in [0.15, 0.2) is 0 Å². The first-order valence-electron chi connectivity index (χ1n) is 2.68. The quantitative estimate of drug-likeness (QED) is 0.446. The minimum absolute atomic E-state index is 0.247. The second kappa shape index (κ2) is 5.24. The van der Waals surface area contributed by atoms with Crippen LogP contribution in [0.1, 0.15) is 0 Å². The topological polar surface area (TPSA) is 36.9 Å². The Morgan fingerprint density at radius 2 is 1.70 bits per heavy atom. The Morgan fingerprint density at radius 1 is 1.20 bits per heavy atom. The van der Waals surface area contributed by atoms with Crippen LogP contribution in [0.5, 0.6) is 0 Å². The molecule has 0 unspecified atom stereocenters. The van der Waals surface area contributed by atoms with E-state index in [1.54, 1.807) is 7.11 Å². The van der Waals surface area contributed by atoms with Crippen molar-refractivity contribution in [2.45, 2.75) is 5.97 Å². The van der Waals surface area contributed by atoms with E-state index in [2.05, 4.69) is 0 Å². The van der Waals surface area contributed by atoms with Crippen molar-refractivity contribution in [1.29, 1.82) is 0 Å². The van der Waals surface area contributed by atoms with Gasteiger partial charge in [-0.15, -0.1) is 0 Å². The van der Waals surface area contributed by atoms with E-state index >= 15 is 0 Å². The van der Waals surface area contributed by atoms with E-state index in [1.807, 2.05) is 0 Å². The summed E-state index contributed by atoms with van der Waals surface area (Å²) in [6.07, 6.45) is 0. The SMILES string of the molecule is COCC(OC)(OC)[O][Ti]. The van der Waals surface area contributed by atoms with Crippen LogP contribution in [-0.4, -0.2) is 33.9 Å². The predicted molar refractivity (Wildman–Crippen MR) is 29.7 cm³/mol. The van der Waals surface area contributed by atoms with Gasteiger partial charge >= 0.3 is 72.3 Å². The molecule has 0 saturated heterocycles. The van der Waals surface area contributed by atoms with E-state index in [1.165, 1.54) is 35.0 Å². The summed E-state index contributed by atoms with van der Waals surface area (Å²) in [4.78, 5) is 0. The van der Waals surface area contributed by atoms with E-state index in [9.17, 15) is 0 Å². The maximum absolute atomic E-state index is 4.91. The summed E-state index contributed by atoms with van der Waals surface area (Å²) in [7, 11) is 4.53. The van der Waals surface area contributed by atoms with Gasteiger partial charge in [0.1, 0.15) is 0 Å². The normalized spacial score (nSPS) is 11.8. The Hall–Kier alpha value is 0.554. The van der Waals surface area contributed by atoms with Crippen LogP contribution in [-0.2, 0) is 38.4 Å². The van der Waals surface area contributed by atoms with E-state index in [0.29, 0.717) is 0 Å². The van der Waals surface area contributed by atoms with Crippen LogP contribution in [0.2, 0.25) is 0 Å². The second-order valence-corrected chi connectivity index (χ2v) is 1.95. The molecule has 59 valence electrons. The van der Waals surface area contributed by atoms with Crippen molar-refractivity contribution < 1.29 is 38.4 Å². The molecule has 0 atom stereocenters. The first-order valence-corrected chi connectivity index (χ1v) is 3.32. The van der Waals surface area contributed by atoms with Gasteiger partial charge in [-0.05, 0) is 0 Å². The molecule has 0 spiro atoms. The third kappa shape index (κ3) is 2.66. The van der Waals surface area contributed by atoms with Gasteiger partial charge in [-0.25, -0.2) is 0 Å². The van der Waals surface area contributed by atoms with Gasteiger partial charge in [0.2, 0.25) is 0 Å². The van der Waals surface area contributed by atoms with E-state index in [-0.39, 0.29) is 6.61 Å². The van der Waals surface area contributed by atoms with Crippen molar-refractivity contribution in [3.63, 3.8) is 0 Å². The molecule has 0 saturated carbocycles. The summed E-state index contributed by atoms with van der Waals surface area (Å²) < 4.78 is 19.5. The van der Waals surface area contributed by atoms with Crippen LogP contribution < -0.4 is 0 Å². The summed E-state index contributed by atoms with van der Waals surface area (Å²) in [5.41, 5.74) is 0. The molecule has 0 aliphatic carbocycles. The molecule has 0 bridgehead atoms. The zero-order valence-electron chi connectivity index (χ0n) is 6.34. The zero-order chi connectivity index (χ0) is 8.04. The van der Waals surface area contributed by atoms with Crippen molar-refractivity contribution >= 4 is 0 Å². The standard InChI is InChI=1S/C5H11O4.Ti/c1-7-4-5(6,8-2)9-3;/h4H2,1-3H3;/q-1;+1. The van der Waals surface area contributed by atoms with Crippen LogP contribution >= 0.6 is 0 Å². The first-order chi connectivity index (χ1) is 4.74. The van der Waals surface area contributed by atoms with Crippen molar-refractivity contribution in [3.8, 4) is 0 Å². The fourth-order valence-corrected chi connectivity index (χ4v) is 0.843. The molecule has 0 radical (unpaired) electrons. The summed E-state index contributed by atoms with van der Waals surface area (Å²) in [5.74, 6) is -1.05. The molecule has 0 amide bonds. The Labute approximate surface area is 72.7 Å². The van der Waals surface area contributed by atoms with E-state index < -0.39 is 5.97 Å². The molecular formula is C5H11O4Ti. The molecule has 0 aromatic carbocycles. The van der Waals surface area contributed by atoms with Gasteiger partial charge in [-0.2, -0.15) is 0 Å². The molecule has 5 heteroatoms. The maximum atomic E-state index is 4.91. The molecule has 0 aliphatic heterocycles. The summed E-state index contributed by atoms with van der Waals surface area (Å²) >= 11 is 1.49. The van der Waals surface area contributed by atoms with Gasteiger partial charge in [0.05, 0.1) is 0 Å². The van der Waals surface area contributed by atoms with Crippen LogP contribution in [0, 0.1) is 0 Å². The monoisotopic (exact) mass is 183 g/mol. The van der Waals surface area contributed by atoms with Gasteiger partial charge < -0.3 is 0 Å². The summed E-state index contributed by atoms with van der Waals surface area (Å²) in [5, 5.41) is 0.